The van der Waals surface area contributed by atoms with Gasteiger partial charge in [-0.1, -0.05) is 41.7 Å². The molecule has 0 saturated carbocycles. The van der Waals surface area contributed by atoms with E-state index in [-0.39, 0.29) is 11.5 Å². The van der Waals surface area contributed by atoms with E-state index in [9.17, 15) is 9.59 Å². The Hall–Kier alpha value is -3.47. The molecule has 1 aromatic heterocycles. The van der Waals surface area contributed by atoms with Gasteiger partial charge in [-0.3, -0.25) is 14.2 Å². The van der Waals surface area contributed by atoms with Crippen molar-refractivity contribution >= 4 is 60.9 Å². The first-order valence-corrected chi connectivity index (χ1v) is 14.3. The van der Waals surface area contributed by atoms with Crippen LogP contribution < -0.4 is 29.7 Å². The van der Waals surface area contributed by atoms with Crippen molar-refractivity contribution in [2.75, 3.05) is 19.5 Å². The number of carbonyl (C=O) groups is 1. The molecule has 5 rings (SSSR count). The first kappa shape index (κ1) is 27.1. The number of para-hydroxylation sites is 1. The predicted molar refractivity (Wildman–Crippen MR) is 160 cm³/mol. The van der Waals surface area contributed by atoms with Gasteiger partial charge in [-0.2, -0.15) is 0 Å². The summed E-state index contributed by atoms with van der Waals surface area (Å²) in [5, 5.41) is 2.96. The highest BCUT2D eigenvalue weighted by Crippen LogP contribution is 2.35. The van der Waals surface area contributed by atoms with Crippen LogP contribution in [0.25, 0.3) is 6.08 Å². The number of rotatable bonds is 6. The number of nitrogens with zero attached hydrogens (tertiary/aromatic N) is 2. The van der Waals surface area contributed by atoms with Crippen molar-refractivity contribution < 1.29 is 14.3 Å². The molecule has 0 radical (unpaired) electrons. The second-order valence-electron chi connectivity index (χ2n) is 8.70. The maximum Gasteiger partial charge on any atom is 0.271 e. The number of thiazole rings is 1. The minimum Gasteiger partial charge on any atom is -0.497 e. The maximum absolute atomic E-state index is 13.9. The van der Waals surface area contributed by atoms with Crippen molar-refractivity contribution in [1.82, 2.24) is 4.57 Å². The van der Waals surface area contributed by atoms with E-state index in [1.807, 2.05) is 72.8 Å². The quantitative estimate of drug-likeness (QED) is 0.298. The van der Waals surface area contributed by atoms with Gasteiger partial charge in [0.2, 0.25) is 0 Å². The fraction of sp³-hybridized carbons (Fsp3) is 0.138. The average molecular weight is 669 g/mol. The van der Waals surface area contributed by atoms with Gasteiger partial charge >= 0.3 is 0 Å². The summed E-state index contributed by atoms with van der Waals surface area (Å²) >= 11 is 8.32. The Morgan fingerprint density at radius 1 is 1.03 bits per heavy atom. The Morgan fingerprint density at radius 2 is 1.74 bits per heavy atom. The van der Waals surface area contributed by atoms with E-state index in [0.717, 1.165) is 20.1 Å². The molecule has 0 spiro atoms. The fourth-order valence-electron chi connectivity index (χ4n) is 4.47. The summed E-state index contributed by atoms with van der Waals surface area (Å²) in [5.74, 6) is 0.962. The topological polar surface area (TPSA) is 81.9 Å². The number of nitrogens with one attached hydrogen (secondary N) is 1. The van der Waals surface area contributed by atoms with Crippen molar-refractivity contribution in [2.45, 2.75) is 13.0 Å². The molecule has 3 aromatic carbocycles. The van der Waals surface area contributed by atoms with Gasteiger partial charge in [0, 0.05) is 5.69 Å². The highest BCUT2D eigenvalue weighted by atomic mass is 79.9. The van der Waals surface area contributed by atoms with Gasteiger partial charge in [0.1, 0.15) is 11.5 Å². The zero-order valence-electron chi connectivity index (χ0n) is 21.2. The number of halogens is 2. The molecule has 0 unspecified atom stereocenters. The highest BCUT2D eigenvalue weighted by molar-refractivity contribution is 9.11. The van der Waals surface area contributed by atoms with Gasteiger partial charge in [0.15, 0.2) is 4.80 Å². The monoisotopic (exact) mass is 667 g/mol. The lowest BCUT2D eigenvalue weighted by atomic mass is 9.95. The molecule has 1 atom stereocenters. The van der Waals surface area contributed by atoms with Crippen LogP contribution in [-0.2, 0) is 4.79 Å². The van der Waals surface area contributed by atoms with Gasteiger partial charge in [-0.25, -0.2) is 4.99 Å². The number of hydrogen-bond donors (Lipinski definition) is 1. The van der Waals surface area contributed by atoms with Crippen LogP contribution in [0.2, 0.25) is 0 Å². The molecule has 39 heavy (non-hydrogen) atoms. The number of hydrogen-bond acceptors (Lipinski definition) is 6. The lowest BCUT2D eigenvalue weighted by Crippen LogP contribution is -2.40. The second-order valence-corrected chi connectivity index (χ2v) is 11.4. The van der Waals surface area contributed by atoms with Crippen LogP contribution in [0.1, 0.15) is 24.1 Å². The minimum absolute atomic E-state index is 0.243. The number of benzene rings is 3. The molecule has 1 N–H and O–H groups in total. The van der Waals surface area contributed by atoms with Gasteiger partial charge in [-0.15, -0.1) is 0 Å². The summed E-state index contributed by atoms with van der Waals surface area (Å²) in [5.41, 5.74) is 2.88. The molecule has 1 amide bonds. The molecule has 0 bridgehead atoms. The molecule has 7 nitrogen and oxygen atoms in total. The van der Waals surface area contributed by atoms with Gasteiger partial charge < -0.3 is 14.8 Å². The van der Waals surface area contributed by atoms with E-state index in [0.29, 0.717) is 37.8 Å². The molecule has 4 aromatic rings. The molecule has 0 fully saturated rings. The first-order chi connectivity index (χ1) is 18.8. The molecule has 0 saturated heterocycles. The lowest BCUT2D eigenvalue weighted by Gasteiger charge is -2.25. The van der Waals surface area contributed by atoms with E-state index in [1.54, 1.807) is 25.7 Å². The highest BCUT2D eigenvalue weighted by Gasteiger charge is 2.32. The van der Waals surface area contributed by atoms with Crippen LogP contribution in [-0.4, -0.2) is 24.7 Å². The molecule has 2 heterocycles. The largest absolute Gasteiger partial charge is 0.497 e. The van der Waals surface area contributed by atoms with Crippen molar-refractivity contribution in [3.8, 4) is 11.5 Å². The molecule has 10 heteroatoms. The van der Waals surface area contributed by atoms with Crippen molar-refractivity contribution in [1.29, 1.82) is 0 Å². The zero-order chi connectivity index (χ0) is 27.7. The van der Waals surface area contributed by atoms with Gasteiger partial charge in [-0.05, 0) is 92.4 Å². The Balaban J connectivity index is 1.69. The maximum atomic E-state index is 13.9. The average Bonchev–Trinajstić information content (AvgIpc) is 3.22. The molecular weight excluding hydrogens is 646 g/mol. The standard InChI is InChI=1S/C29H23Br2N3O4S/c1-16-24(27(35)33-19-9-5-4-6-10-19)25(18-8-7-11-20(15-18)37-2)34-28(36)23(39-29(34)32-16)14-17-12-21(30)26(38-3)22(31)13-17/h4-15,25H,1-3H3,(H,33,35)/b23-14-/t25-/m1/s1. The summed E-state index contributed by atoms with van der Waals surface area (Å²) in [6, 6.07) is 19.7. The third-order valence-corrected chi connectivity index (χ3v) is 8.39. The molecular formula is C29H23Br2N3O4S. The van der Waals surface area contributed by atoms with E-state index >= 15 is 0 Å². The number of fused-ring (bicyclic) bond motifs is 1. The zero-order valence-corrected chi connectivity index (χ0v) is 25.2. The number of carbonyl (C=O) groups excluding carboxylic acids is 1. The van der Waals surface area contributed by atoms with E-state index in [2.05, 4.69) is 37.2 Å². The summed E-state index contributed by atoms with van der Waals surface area (Å²) in [7, 11) is 3.18. The number of anilines is 1. The van der Waals surface area contributed by atoms with E-state index in [1.165, 1.54) is 11.3 Å². The number of amides is 1. The number of allylic oxidation sites excluding steroid dienone is 1. The van der Waals surface area contributed by atoms with E-state index < -0.39 is 6.04 Å². The van der Waals surface area contributed by atoms with Crippen LogP contribution in [0.15, 0.2) is 96.7 Å². The second kappa shape index (κ2) is 11.3. The molecule has 198 valence electrons. The minimum atomic E-state index is -0.698. The summed E-state index contributed by atoms with van der Waals surface area (Å²) in [6.45, 7) is 1.79. The van der Waals surface area contributed by atoms with E-state index in [4.69, 9.17) is 14.5 Å². The summed E-state index contributed by atoms with van der Waals surface area (Å²) in [6.07, 6.45) is 1.81. The summed E-state index contributed by atoms with van der Waals surface area (Å²) < 4.78 is 14.4. The molecule has 1 aliphatic rings. The van der Waals surface area contributed by atoms with Gasteiger partial charge in [0.05, 0.1) is 45.0 Å². The third-order valence-electron chi connectivity index (χ3n) is 6.23. The van der Waals surface area contributed by atoms with Crippen molar-refractivity contribution in [3.05, 3.63) is 118 Å². The Labute approximate surface area is 245 Å². The van der Waals surface area contributed by atoms with Crippen molar-refractivity contribution in [2.24, 2.45) is 4.99 Å². The summed E-state index contributed by atoms with van der Waals surface area (Å²) in [4.78, 5) is 32.8. The molecule has 1 aliphatic heterocycles. The van der Waals surface area contributed by atoms with Crippen LogP contribution in [0, 0.1) is 0 Å². The number of aromatic nitrogens is 1. The fourth-order valence-corrected chi connectivity index (χ4v) is 7.06. The number of methoxy groups -OCH3 is 2. The van der Waals surface area contributed by atoms with Crippen LogP contribution in [0.4, 0.5) is 5.69 Å². The number of ether oxygens (including phenoxy) is 2. The van der Waals surface area contributed by atoms with Crippen molar-refractivity contribution in [3.63, 3.8) is 0 Å². The van der Waals surface area contributed by atoms with Crippen LogP contribution in [0.5, 0.6) is 11.5 Å². The normalized spacial score (nSPS) is 15.0. The lowest BCUT2D eigenvalue weighted by molar-refractivity contribution is -0.113. The first-order valence-electron chi connectivity index (χ1n) is 11.9. The predicted octanol–water partition coefficient (Wildman–Crippen LogP) is 5.42. The van der Waals surface area contributed by atoms with Gasteiger partial charge in [0.25, 0.3) is 11.5 Å². The molecule has 0 aliphatic carbocycles. The Kier molecular flexibility index (Phi) is 7.88. The van der Waals surface area contributed by atoms with Crippen LogP contribution in [0.3, 0.4) is 0 Å². The third kappa shape index (κ3) is 5.36. The Bertz CT molecular complexity index is 1770. The smallest absolute Gasteiger partial charge is 0.271 e. The Morgan fingerprint density at radius 3 is 2.41 bits per heavy atom. The van der Waals surface area contributed by atoms with Crippen LogP contribution >= 0.6 is 43.2 Å². The SMILES string of the molecule is COc1cccc([C@@H]2C(C(=O)Nc3ccccc3)=C(C)N=c3s/c(=C\c4cc(Br)c(OC)c(Br)c4)c(=O)n32)c1.